The van der Waals surface area contributed by atoms with Crippen molar-refractivity contribution in [3.05, 3.63) is 0 Å². The first-order valence-electron chi connectivity index (χ1n) is 5.87. The number of hydrogen-bond donors (Lipinski definition) is 1. The summed E-state index contributed by atoms with van der Waals surface area (Å²) in [6, 6.07) is 0.534. The van der Waals surface area contributed by atoms with E-state index >= 15 is 0 Å². The molecule has 1 saturated heterocycles. The van der Waals surface area contributed by atoms with E-state index in [0.29, 0.717) is 23.0 Å². The molecule has 1 unspecified atom stereocenters. The average molecular weight is 467 g/mol. The van der Waals surface area contributed by atoms with Crippen LogP contribution in [0.3, 0.4) is 0 Å². The molecule has 1 amide bonds. The van der Waals surface area contributed by atoms with Gasteiger partial charge in [-0.15, -0.1) is 0 Å². The zero-order valence-electron chi connectivity index (χ0n) is 10.4. The number of amides is 1. The van der Waals surface area contributed by atoms with Crippen LogP contribution >= 0.6 is 22.6 Å². The van der Waals surface area contributed by atoms with Crippen LogP contribution in [0.2, 0.25) is 0 Å². The average Bonchev–Trinajstić information content (AvgIpc) is 2.73. The first-order valence-corrected chi connectivity index (χ1v) is 10.3. The molecule has 0 bridgehead atoms. The van der Waals surface area contributed by atoms with E-state index < -0.39 is 0 Å². The van der Waals surface area contributed by atoms with Crippen molar-refractivity contribution >= 4 is 28.5 Å². The number of likely N-dealkylation sites (tertiary alicyclic amines) is 1. The molecule has 1 rings (SSSR count). The summed E-state index contributed by atoms with van der Waals surface area (Å²) >= 11 is 2.44. The van der Waals surface area contributed by atoms with Gasteiger partial charge in [-0.25, -0.2) is 0 Å². The Hall–Kier alpha value is 0.850. The number of alkyl halides is 2. The molecule has 0 saturated carbocycles. The van der Waals surface area contributed by atoms with Crippen LogP contribution in [0.4, 0.5) is 0 Å². The maximum atomic E-state index is 11.9. The van der Waals surface area contributed by atoms with Gasteiger partial charge in [-0.05, 0) is 0 Å². The number of carbonyl (C=O) groups excluding carboxylic acids is 1. The van der Waals surface area contributed by atoms with Gasteiger partial charge < -0.3 is 0 Å². The molecule has 0 spiro atoms. The van der Waals surface area contributed by atoms with Crippen LogP contribution in [-0.4, -0.2) is 52.0 Å². The van der Waals surface area contributed by atoms with Crippen LogP contribution in [0, 0.1) is 0 Å². The first kappa shape index (κ1) is 15.9. The molecule has 0 aromatic carbocycles. The molecule has 1 aliphatic heterocycles. The Labute approximate surface area is 128 Å². The molecule has 0 aliphatic carbocycles. The van der Waals surface area contributed by atoms with E-state index in [4.69, 9.17) is 4.74 Å². The van der Waals surface area contributed by atoms with Gasteiger partial charge in [-0.3, -0.25) is 0 Å². The van der Waals surface area contributed by atoms with Gasteiger partial charge in [0.15, 0.2) is 0 Å². The van der Waals surface area contributed by atoms with E-state index in [1.165, 1.54) is 0 Å². The molecule has 2 atom stereocenters. The van der Waals surface area contributed by atoms with E-state index in [1.54, 1.807) is 0 Å². The van der Waals surface area contributed by atoms with E-state index in [9.17, 15) is 4.79 Å². The summed E-state index contributed by atoms with van der Waals surface area (Å²) in [5.41, 5.74) is 0. The Morgan fingerprint density at radius 1 is 1.71 bits per heavy atom. The minimum atomic E-state index is 0.120. The fourth-order valence-corrected chi connectivity index (χ4v) is 3.44. The van der Waals surface area contributed by atoms with Gasteiger partial charge in [0.2, 0.25) is 0 Å². The van der Waals surface area contributed by atoms with Crippen molar-refractivity contribution < 1.29 is 31.0 Å². The molecule has 0 radical (unpaired) electrons. The van der Waals surface area contributed by atoms with Crippen LogP contribution in [-0.2, 0) is 9.53 Å². The van der Waals surface area contributed by atoms with Crippen LogP contribution in [0.1, 0.15) is 19.8 Å². The minimum absolute atomic E-state index is 0.120. The number of nitrogens with zero attached hydrogens (tertiary/aromatic N) is 1. The predicted molar refractivity (Wildman–Crippen MR) is 73.0 cm³/mol. The first-order chi connectivity index (χ1) is 8.13. The van der Waals surface area contributed by atoms with Crippen molar-refractivity contribution in [2.45, 2.75) is 29.7 Å². The van der Waals surface area contributed by atoms with Gasteiger partial charge >= 0.3 is 129 Å². The second kappa shape index (κ2) is 8.87. The van der Waals surface area contributed by atoms with Crippen molar-refractivity contribution in [2.24, 2.45) is 0 Å². The van der Waals surface area contributed by atoms with Gasteiger partial charge in [0, 0.05) is 0 Å². The third-order valence-corrected chi connectivity index (χ3v) is 4.48. The van der Waals surface area contributed by atoms with Gasteiger partial charge in [0.1, 0.15) is 0 Å². The number of nitrogens with one attached hydrogen (secondary N) is 1. The summed E-state index contributed by atoms with van der Waals surface area (Å²) in [6.07, 6.45) is 1.63. The molecule has 6 heteroatoms. The van der Waals surface area contributed by atoms with Crippen molar-refractivity contribution in [2.75, 3.05) is 31.2 Å². The van der Waals surface area contributed by atoms with Gasteiger partial charge in [-0.2, -0.15) is 0 Å². The zero-order chi connectivity index (χ0) is 12.7. The van der Waals surface area contributed by atoms with Crippen LogP contribution in [0.5, 0.6) is 0 Å². The summed E-state index contributed by atoms with van der Waals surface area (Å²) in [5.74, 6) is 0.240. The SMILES string of the molecule is C[I-]N[C@@H]1CCN(C(=O)CCOCC(C)I)C1. The molecule has 1 N–H and O–H groups in total. The molecule has 0 aromatic heterocycles. The topological polar surface area (TPSA) is 41.6 Å². The Balaban J connectivity index is 2.12. The number of carbonyl (C=O) groups is 1. The second-order valence-corrected chi connectivity index (χ2v) is 8.06. The fraction of sp³-hybridized carbons (Fsp3) is 0.909. The summed E-state index contributed by atoms with van der Waals surface area (Å²) in [6.45, 7) is 5.19. The van der Waals surface area contributed by atoms with Crippen LogP contribution in [0.15, 0.2) is 0 Å². The molecule has 4 nitrogen and oxygen atoms in total. The number of rotatable bonds is 7. The van der Waals surface area contributed by atoms with E-state index in [0.717, 1.165) is 26.1 Å². The van der Waals surface area contributed by atoms with Crippen LogP contribution in [0.25, 0.3) is 0 Å². The Kier molecular flexibility index (Phi) is 8.30. The summed E-state index contributed by atoms with van der Waals surface area (Å²) in [4.78, 5) is 16.0. The Morgan fingerprint density at radius 2 is 2.47 bits per heavy atom. The third-order valence-electron chi connectivity index (χ3n) is 2.61. The van der Waals surface area contributed by atoms with E-state index in [2.05, 4.69) is 38.0 Å². The third kappa shape index (κ3) is 6.53. The van der Waals surface area contributed by atoms with Crippen molar-refractivity contribution in [1.29, 1.82) is 0 Å². The summed E-state index contributed by atoms with van der Waals surface area (Å²) in [5, 5.41) is 0. The quantitative estimate of drug-likeness (QED) is 0.205. The standard InChI is InChI=1S/C11H21I2N2O2/c1-9(12)8-17-6-4-11(16)15-5-3-10(7-15)14-13-2/h9-10,14H,3-8H2,1-2H3/q-1/t9?,10-/m1/s1. The Morgan fingerprint density at radius 3 is 3.12 bits per heavy atom. The number of hydrogen-bond acceptors (Lipinski definition) is 3. The van der Waals surface area contributed by atoms with Gasteiger partial charge in [0.05, 0.1) is 0 Å². The number of ether oxygens (including phenoxy) is 1. The summed E-state index contributed by atoms with van der Waals surface area (Å²) in [7, 11) is 0. The predicted octanol–water partition coefficient (Wildman–Crippen LogP) is -1.96. The van der Waals surface area contributed by atoms with E-state index in [-0.39, 0.29) is 27.4 Å². The van der Waals surface area contributed by atoms with Crippen molar-refractivity contribution in [3.63, 3.8) is 0 Å². The van der Waals surface area contributed by atoms with Gasteiger partial charge in [0.25, 0.3) is 0 Å². The maximum absolute atomic E-state index is 11.9. The van der Waals surface area contributed by atoms with Crippen molar-refractivity contribution in [1.82, 2.24) is 8.43 Å². The normalized spacial score (nSPS) is 22.1. The molecule has 1 heterocycles. The molecular weight excluding hydrogens is 446 g/mol. The fourth-order valence-electron chi connectivity index (χ4n) is 1.79. The van der Waals surface area contributed by atoms with Crippen LogP contribution < -0.4 is 25.0 Å². The van der Waals surface area contributed by atoms with Crippen molar-refractivity contribution in [3.8, 4) is 0 Å². The molecule has 1 fully saturated rings. The zero-order valence-corrected chi connectivity index (χ0v) is 14.7. The number of halogens is 2. The summed E-state index contributed by atoms with van der Waals surface area (Å²) < 4.78 is 9.44. The molecule has 0 aromatic rings. The second-order valence-electron chi connectivity index (χ2n) is 4.23. The Bertz CT molecular complexity index is 240. The molecule has 17 heavy (non-hydrogen) atoms. The molecule has 102 valence electrons. The monoisotopic (exact) mass is 467 g/mol. The molecular formula is C11H21I2N2O2-. The van der Waals surface area contributed by atoms with Gasteiger partial charge in [-0.1, -0.05) is 0 Å². The van der Waals surface area contributed by atoms with E-state index in [1.807, 2.05) is 4.90 Å². The molecule has 1 aliphatic rings.